The van der Waals surface area contributed by atoms with E-state index in [4.69, 9.17) is 4.74 Å². The van der Waals surface area contributed by atoms with Crippen molar-refractivity contribution in [3.8, 4) is 0 Å². The highest BCUT2D eigenvalue weighted by Crippen LogP contribution is 2.42. The molecule has 3 rings (SSSR count). The van der Waals surface area contributed by atoms with Gasteiger partial charge in [0.25, 0.3) is 0 Å². The molecule has 3 heteroatoms. The molecule has 1 aromatic heterocycles. The summed E-state index contributed by atoms with van der Waals surface area (Å²) in [5.74, 6) is 1.58. The molecule has 3 nitrogen and oxygen atoms in total. The standard InChI is InChI=1S/C10H12N2O/c1-6(2)7-5-11-10-9-8(13-9)3-4-12(7)10/h3-6,8-9H,1-2H3. The molecular formula is C10H12N2O. The molecule has 0 aliphatic carbocycles. The van der Waals surface area contributed by atoms with Crippen LogP contribution >= 0.6 is 0 Å². The van der Waals surface area contributed by atoms with Crippen LogP contribution in [0.1, 0.15) is 37.4 Å². The third-order valence-electron chi connectivity index (χ3n) is 2.65. The van der Waals surface area contributed by atoms with Crippen LogP contribution in [0.3, 0.4) is 0 Å². The minimum absolute atomic E-state index is 0.234. The van der Waals surface area contributed by atoms with Crippen LogP contribution in [0.15, 0.2) is 12.3 Å². The van der Waals surface area contributed by atoms with Gasteiger partial charge in [-0.15, -0.1) is 0 Å². The molecule has 2 atom stereocenters. The van der Waals surface area contributed by atoms with Gasteiger partial charge in [0, 0.05) is 18.1 Å². The summed E-state index contributed by atoms with van der Waals surface area (Å²) in [5.41, 5.74) is 1.26. The maximum atomic E-state index is 5.43. The average Bonchev–Trinajstić information content (AvgIpc) is 2.76. The molecule has 0 aromatic carbocycles. The quantitative estimate of drug-likeness (QED) is 0.612. The normalized spacial score (nSPS) is 28.8. The molecule has 2 aliphatic heterocycles. The maximum Gasteiger partial charge on any atom is 0.146 e. The number of hydrogen-bond donors (Lipinski definition) is 0. The Balaban J connectivity index is 2.13. The highest BCUT2D eigenvalue weighted by Gasteiger charge is 2.44. The fourth-order valence-corrected chi connectivity index (χ4v) is 1.84. The summed E-state index contributed by atoms with van der Waals surface area (Å²) in [6, 6.07) is 0. The predicted molar refractivity (Wildman–Crippen MR) is 49.3 cm³/mol. The Bertz CT molecular complexity index is 378. The topological polar surface area (TPSA) is 30.4 Å². The summed E-state index contributed by atoms with van der Waals surface area (Å²) in [7, 11) is 0. The summed E-state index contributed by atoms with van der Waals surface area (Å²) in [6.07, 6.45) is 6.67. The number of rotatable bonds is 1. The van der Waals surface area contributed by atoms with Crippen LogP contribution in [-0.2, 0) is 4.74 Å². The summed E-state index contributed by atoms with van der Waals surface area (Å²) >= 11 is 0. The van der Waals surface area contributed by atoms with Crippen molar-refractivity contribution in [1.29, 1.82) is 0 Å². The van der Waals surface area contributed by atoms with Crippen LogP contribution in [0, 0.1) is 0 Å². The first-order chi connectivity index (χ1) is 6.27. The van der Waals surface area contributed by atoms with Gasteiger partial charge in [0.2, 0.25) is 0 Å². The van der Waals surface area contributed by atoms with Gasteiger partial charge in [0.05, 0.1) is 0 Å². The van der Waals surface area contributed by atoms with E-state index in [9.17, 15) is 0 Å². The third-order valence-corrected chi connectivity index (χ3v) is 2.65. The lowest BCUT2D eigenvalue weighted by Crippen LogP contribution is -2.05. The monoisotopic (exact) mass is 176 g/mol. The molecule has 0 bridgehead atoms. The van der Waals surface area contributed by atoms with Gasteiger partial charge in [-0.25, -0.2) is 4.98 Å². The molecular weight excluding hydrogens is 164 g/mol. The first-order valence-electron chi connectivity index (χ1n) is 4.68. The summed E-state index contributed by atoms with van der Waals surface area (Å²) in [6.45, 7) is 4.36. The number of hydrogen-bond acceptors (Lipinski definition) is 2. The fraction of sp³-hybridized carbons (Fsp3) is 0.500. The highest BCUT2D eigenvalue weighted by molar-refractivity contribution is 5.39. The Morgan fingerprint density at radius 2 is 2.38 bits per heavy atom. The van der Waals surface area contributed by atoms with E-state index in [-0.39, 0.29) is 6.10 Å². The Labute approximate surface area is 77.0 Å². The largest absolute Gasteiger partial charge is 0.357 e. The van der Waals surface area contributed by atoms with Gasteiger partial charge in [-0.05, 0) is 12.0 Å². The second-order valence-electron chi connectivity index (χ2n) is 3.93. The Kier molecular flexibility index (Phi) is 1.26. The average molecular weight is 176 g/mol. The fourth-order valence-electron chi connectivity index (χ4n) is 1.84. The van der Waals surface area contributed by atoms with Crippen molar-refractivity contribution < 1.29 is 4.74 Å². The molecule has 0 radical (unpaired) electrons. The molecule has 1 fully saturated rings. The predicted octanol–water partition coefficient (Wildman–Crippen LogP) is 1.93. The number of imidazole rings is 1. The molecule has 68 valence electrons. The SMILES string of the molecule is CC(C)c1cnc2n1C=CC1OC21. The van der Waals surface area contributed by atoms with Crippen LogP contribution in [0.25, 0.3) is 6.20 Å². The van der Waals surface area contributed by atoms with Crippen molar-refractivity contribution in [2.24, 2.45) is 0 Å². The van der Waals surface area contributed by atoms with E-state index in [0.717, 1.165) is 5.82 Å². The van der Waals surface area contributed by atoms with Gasteiger partial charge in [0.1, 0.15) is 18.0 Å². The molecule has 3 heterocycles. The van der Waals surface area contributed by atoms with E-state index < -0.39 is 0 Å². The molecule has 1 aromatic rings. The Morgan fingerprint density at radius 3 is 3.15 bits per heavy atom. The second kappa shape index (κ2) is 2.23. The minimum Gasteiger partial charge on any atom is -0.357 e. The molecule has 1 saturated heterocycles. The van der Waals surface area contributed by atoms with Crippen LogP contribution in [0.2, 0.25) is 0 Å². The first-order valence-corrected chi connectivity index (χ1v) is 4.68. The van der Waals surface area contributed by atoms with E-state index in [0.29, 0.717) is 12.0 Å². The van der Waals surface area contributed by atoms with E-state index >= 15 is 0 Å². The number of fused-ring (bicyclic) bond motifs is 3. The molecule has 2 unspecified atom stereocenters. The van der Waals surface area contributed by atoms with Gasteiger partial charge in [-0.1, -0.05) is 13.8 Å². The van der Waals surface area contributed by atoms with Crippen LogP contribution in [0.4, 0.5) is 0 Å². The summed E-state index contributed by atoms with van der Waals surface area (Å²) < 4.78 is 7.58. The van der Waals surface area contributed by atoms with Gasteiger partial charge >= 0.3 is 0 Å². The number of ether oxygens (including phenoxy) is 1. The van der Waals surface area contributed by atoms with Gasteiger partial charge in [-0.2, -0.15) is 0 Å². The minimum atomic E-state index is 0.234. The Morgan fingerprint density at radius 1 is 1.54 bits per heavy atom. The van der Waals surface area contributed by atoms with E-state index in [1.54, 1.807) is 0 Å². The maximum absolute atomic E-state index is 5.43. The van der Waals surface area contributed by atoms with E-state index in [1.165, 1.54) is 5.69 Å². The van der Waals surface area contributed by atoms with Crippen molar-refractivity contribution in [3.63, 3.8) is 0 Å². The van der Waals surface area contributed by atoms with Crippen molar-refractivity contribution in [2.75, 3.05) is 0 Å². The van der Waals surface area contributed by atoms with Crippen molar-refractivity contribution in [3.05, 3.63) is 23.8 Å². The van der Waals surface area contributed by atoms with Gasteiger partial charge < -0.3 is 9.30 Å². The number of aromatic nitrogens is 2. The third kappa shape index (κ3) is 0.907. The summed E-state index contributed by atoms with van der Waals surface area (Å²) in [5, 5.41) is 0. The number of epoxide rings is 1. The highest BCUT2D eigenvalue weighted by atomic mass is 16.6. The van der Waals surface area contributed by atoms with E-state index in [2.05, 4.69) is 35.7 Å². The van der Waals surface area contributed by atoms with Crippen molar-refractivity contribution >= 4 is 6.20 Å². The van der Waals surface area contributed by atoms with Crippen LogP contribution in [-0.4, -0.2) is 15.7 Å². The van der Waals surface area contributed by atoms with Crippen LogP contribution < -0.4 is 0 Å². The smallest absolute Gasteiger partial charge is 0.146 e. The zero-order chi connectivity index (χ0) is 9.00. The second-order valence-corrected chi connectivity index (χ2v) is 3.93. The lowest BCUT2D eigenvalue weighted by molar-refractivity contribution is 0.388. The van der Waals surface area contributed by atoms with Gasteiger partial charge in [-0.3, -0.25) is 0 Å². The van der Waals surface area contributed by atoms with E-state index in [1.807, 2.05) is 6.20 Å². The van der Waals surface area contributed by atoms with Gasteiger partial charge in [0.15, 0.2) is 0 Å². The van der Waals surface area contributed by atoms with Crippen LogP contribution in [0.5, 0.6) is 0 Å². The molecule has 0 saturated carbocycles. The molecule has 0 N–H and O–H groups in total. The zero-order valence-electron chi connectivity index (χ0n) is 7.77. The molecule has 0 spiro atoms. The molecule has 0 amide bonds. The number of nitrogens with zero attached hydrogens (tertiary/aromatic N) is 2. The Hall–Kier alpha value is -1.09. The lowest BCUT2D eigenvalue weighted by Gasteiger charge is -2.10. The summed E-state index contributed by atoms with van der Waals surface area (Å²) in [4.78, 5) is 4.39. The molecule has 13 heavy (non-hydrogen) atoms. The van der Waals surface area contributed by atoms with Crippen molar-refractivity contribution in [2.45, 2.75) is 32.0 Å². The van der Waals surface area contributed by atoms with Crippen molar-refractivity contribution in [1.82, 2.24) is 9.55 Å². The lowest BCUT2D eigenvalue weighted by atomic mass is 10.1. The molecule has 2 aliphatic rings. The zero-order valence-corrected chi connectivity index (χ0v) is 7.77. The first kappa shape index (κ1) is 7.33.